The molecule has 2 aliphatic heterocycles. The van der Waals surface area contributed by atoms with Gasteiger partial charge < -0.3 is 14.2 Å². The number of ether oxygens (including phenoxy) is 1. The van der Waals surface area contributed by atoms with Gasteiger partial charge in [-0.3, -0.25) is 9.69 Å². The Balaban J connectivity index is 1.14. The number of aryl methyl sites for hydroxylation is 1. The van der Waals surface area contributed by atoms with Gasteiger partial charge in [-0.1, -0.05) is 53.2 Å². The molecule has 0 bridgehead atoms. The summed E-state index contributed by atoms with van der Waals surface area (Å²) in [4.78, 5) is 21.5. The Morgan fingerprint density at radius 1 is 1.07 bits per heavy atom. The Bertz CT molecular complexity index is 1010. The fourth-order valence-corrected chi connectivity index (χ4v) is 3.98. The van der Waals surface area contributed by atoms with E-state index in [2.05, 4.69) is 15.0 Å². The third-order valence-electron chi connectivity index (χ3n) is 5.74. The van der Waals surface area contributed by atoms with E-state index in [9.17, 15) is 4.79 Å². The quantitative estimate of drug-likeness (QED) is 0.666. The van der Waals surface area contributed by atoms with Crippen LogP contribution in [0.15, 0.2) is 53.1 Å². The van der Waals surface area contributed by atoms with Crippen molar-refractivity contribution in [1.29, 1.82) is 0 Å². The number of benzene rings is 2. The molecular formula is C23H24N4O3. The lowest BCUT2D eigenvalue weighted by Gasteiger charge is -2.34. The molecule has 0 saturated carbocycles. The highest BCUT2D eigenvalue weighted by Gasteiger charge is 2.33. The first-order valence-corrected chi connectivity index (χ1v) is 10.3. The van der Waals surface area contributed by atoms with Gasteiger partial charge in [0.1, 0.15) is 5.75 Å². The lowest BCUT2D eigenvalue weighted by molar-refractivity contribution is -0.139. The highest BCUT2D eigenvalue weighted by molar-refractivity contribution is 5.82. The lowest BCUT2D eigenvalue weighted by Crippen LogP contribution is -2.51. The molecule has 154 valence electrons. The van der Waals surface area contributed by atoms with Crippen LogP contribution in [0.2, 0.25) is 0 Å². The molecule has 5 rings (SSSR count). The Labute approximate surface area is 175 Å². The highest BCUT2D eigenvalue weighted by Crippen LogP contribution is 2.29. The number of carbonyl (C=O) groups excluding carboxylic acids is 1. The van der Waals surface area contributed by atoms with Crippen molar-refractivity contribution in [2.24, 2.45) is 0 Å². The maximum Gasteiger partial charge on any atom is 0.264 e. The molecule has 30 heavy (non-hydrogen) atoms. The number of hydrogen-bond acceptors (Lipinski definition) is 6. The predicted molar refractivity (Wildman–Crippen MR) is 111 cm³/mol. The topological polar surface area (TPSA) is 71.7 Å². The number of para-hydroxylation sites is 1. The Kier molecular flexibility index (Phi) is 4.96. The van der Waals surface area contributed by atoms with Crippen LogP contribution in [0.5, 0.6) is 5.75 Å². The number of piperazine rings is 1. The summed E-state index contributed by atoms with van der Waals surface area (Å²) in [6.45, 7) is 5.53. The molecule has 2 aromatic carbocycles. The summed E-state index contributed by atoms with van der Waals surface area (Å²) in [5, 5.41) is 4.10. The van der Waals surface area contributed by atoms with Crippen molar-refractivity contribution in [1.82, 2.24) is 19.9 Å². The van der Waals surface area contributed by atoms with E-state index in [4.69, 9.17) is 9.26 Å². The molecule has 7 heteroatoms. The minimum absolute atomic E-state index is 0.0743. The standard InChI is InChI=1S/C23H24N4O3/c1-16-6-8-17(9-7-16)22-24-21(30-25-22)15-26-10-12-27(13-11-26)23(28)20-14-18-4-2-3-5-19(18)29-20/h2-9,20H,10-15H2,1H3. The van der Waals surface area contributed by atoms with Crippen LogP contribution in [-0.4, -0.2) is 58.1 Å². The summed E-state index contributed by atoms with van der Waals surface area (Å²) in [5.74, 6) is 2.11. The van der Waals surface area contributed by atoms with Crippen molar-refractivity contribution in [2.75, 3.05) is 26.2 Å². The average Bonchev–Trinajstić information content (AvgIpc) is 3.41. The lowest BCUT2D eigenvalue weighted by atomic mass is 10.1. The Hall–Kier alpha value is -3.19. The van der Waals surface area contributed by atoms with Gasteiger partial charge in [-0.25, -0.2) is 0 Å². The minimum atomic E-state index is -0.401. The minimum Gasteiger partial charge on any atom is -0.480 e. The summed E-state index contributed by atoms with van der Waals surface area (Å²) < 4.78 is 11.3. The van der Waals surface area contributed by atoms with E-state index >= 15 is 0 Å². The van der Waals surface area contributed by atoms with Gasteiger partial charge in [0.05, 0.1) is 6.54 Å². The zero-order valence-corrected chi connectivity index (χ0v) is 17.0. The van der Waals surface area contributed by atoms with E-state index in [1.165, 1.54) is 5.56 Å². The second-order valence-electron chi connectivity index (χ2n) is 7.90. The third-order valence-corrected chi connectivity index (χ3v) is 5.74. The van der Waals surface area contributed by atoms with Gasteiger partial charge in [-0.15, -0.1) is 0 Å². The maximum atomic E-state index is 12.9. The Morgan fingerprint density at radius 2 is 1.83 bits per heavy atom. The fourth-order valence-electron chi connectivity index (χ4n) is 3.98. The van der Waals surface area contributed by atoms with E-state index in [-0.39, 0.29) is 5.91 Å². The first kappa shape index (κ1) is 18.8. The monoisotopic (exact) mass is 404 g/mol. The van der Waals surface area contributed by atoms with Crippen LogP contribution >= 0.6 is 0 Å². The molecule has 1 fully saturated rings. The first-order valence-electron chi connectivity index (χ1n) is 10.3. The van der Waals surface area contributed by atoms with E-state index in [1.54, 1.807) is 0 Å². The maximum absolute atomic E-state index is 12.9. The van der Waals surface area contributed by atoms with Crippen molar-refractivity contribution in [3.63, 3.8) is 0 Å². The Morgan fingerprint density at radius 3 is 2.60 bits per heavy atom. The molecule has 1 atom stereocenters. The van der Waals surface area contributed by atoms with Crippen LogP contribution in [0, 0.1) is 6.92 Å². The third kappa shape index (κ3) is 3.80. The van der Waals surface area contributed by atoms with Crippen molar-refractivity contribution < 1.29 is 14.1 Å². The first-order chi connectivity index (χ1) is 14.7. The van der Waals surface area contributed by atoms with Crippen molar-refractivity contribution in [3.05, 3.63) is 65.5 Å². The van der Waals surface area contributed by atoms with Crippen LogP contribution in [0.4, 0.5) is 0 Å². The smallest absolute Gasteiger partial charge is 0.264 e. The largest absolute Gasteiger partial charge is 0.480 e. The zero-order chi connectivity index (χ0) is 20.5. The molecule has 2 aliphatic rings. The van der Waals surface area contributed by atoms with Crippen molar-refractivity contribution in [3.8, 4) is 17.1 Å². The second kappa shape index (κ2) is 7.91. The number of nitrogens with zero attached hydrogens (tertiary/aromatic N) is 4. The molecule has 1 saturated heterocycles. The van der Waals surface area contributed by atoms with Gasteiger partial charge in [-0.2, -0.15) is 4.98 Å². The van der Waals surface area contributed by atoms with Crippen LogP contribution in [-0.2, 0) is 17.8 Å². The normalized spacial score (nSPS) is 18.8. The molecule has 7 nitrogen and oxygen atoms in total. The number of rotatable bonds is 4. The van der Waals surface area contributed by atoms with Gasteiger partial charge in [0.2, 0.25) is 11.7 Å². The van der Waals surface area contributed by atoms with Crippen molar-refractivity contribution in [2.45, 2.75) is 26.0 Å². The number of amides is 1. The van der Waals surface area contributed by atoms with Gasteiger partial charge in [0.25, 0.3) is 5.91 Å². The van der Waals surface area contributed by atoms with E-state index in [1.807, 2.05) is 60.4 Å². The molecule has 1 amide bonds. The molecule has 3 aromatic rings. The summed E-state index contributed by atoms with van der Waals surface area (Å²) >= 11 is 0. The molecule has 1 aromatic heterocycles. The van der Waals surface area contributed by atoms with E-state index < -0.39 is 6.10 Å². The number of carbonyl (C=O) groups is 1. The van der Waals surface area contributed by atoms with Crippen LogP contribution < -0.4 is 4.74 Å². The average molecular weight is 404 g/mol. The SMILES string of the molecule is Cc1ccc(-c2noc(CN3CCN(C(=O)C4Cc5ccccc5O4)CC3)n2)cc1. The van der Waals surface area contributed by atoms with E-state index in [0.717, 1.165) is 30.0 Å². The summed E-state index contributed by atoms with van der Waals surface area (Å²) in [7, 11) is 0. The van der Waals surface area contributed by atoms with Crippen LogP contribution in [0.1, 0.15) is 17.0 Å². The van der Waals surface area contributed by atoms with E-state index in [0.29, 0.717) is 37.8 Å². The molecular weight excluding hydrogens is 380 g/mol. The summed E-state index contributed by atoms with van der Waals surface area (Å²) in [6.07, 6.45) is 0.251. The number of aromatic nitrogens is 2. The summed E-state index contributed by atoms with van der Waals surface area (Å²) in [5.41, 5.74) is 3.25. The van der Waals surface area contributed by atoms with Crippen LogP contribution in [0.25, 0.3) is 11.4 Å². The molecule has 3 heterocycles. The van der Waals surface area contributed by atoms with Gasteiger partial charge in [-0.05, 0) is 18.6 Å². The summed E-state index contributed by atoms with van der Waals surface area (Å²) in [6, 6.07) is 15.9. The zero-order valence-electron chi connectivity index (χ0n) is 17.0. The molecule has 0 radical (unpaired) electrons. The predicted octanol–water partition coefficient (Wildman–Crippen LogP) is 2.69. The molecule has 0 spiro atoms. The van der Waals surface area contributed by atoms with Crippen molar-refractivity contribution >= 4 is 5.91 Å². The molecule has 1 unspecified atom stereocenters. The van der Waals surface area contributed by atoms with Gasteiger partial charge >= 0.3 is 0 Å². The van der Waals surface area contributed by atoms with Gasteiger partial charge in [0, 0.05) is 38.2 Å². The second-order valence-corrected chi connectivity index (χ2v) is 7.90. The molecule has 0 aliphatic carbocycles. The number of hydrogen-bond donors (Lipinski definition) is 0. The number of fused-ring (bicyclic) bond motifs is 1. The molecule has 0 N–H and O–H groups in total. The fraction of sp³-hybridized carbons (Fsp3) is 0.348. The van der Waals surface area contributed by atoms with Crippen LogP contribution in [0.3, 0.4) is 0 Å². The highest BCUT2D eigenvalue weighted by atomic mass is 16.5. The van der Waals surface area contributed by atoms with Gasteiger partial charge in [0.15, 0.2) is 6.10 Å².